The van der Waals surface area contributed by atoms with Gasteiger partial charge in [-0.1, -0.05) is 30.4 Å². The molecule has 25 heavy (non-hydrogen) atoms. The molecule has 2 aliphatic rings. The minimum Gasteiger partial charge on any atom is -0.366 e. The molecule has 1 unspecified atom stereocenters. The number of fused-ring (bicyclic) bond motifs is 1. The lowest BCUT2D eigenvalue weighted by atomic mass is 9.91. The number of allylic oxidation sites excluding steroid dienone is 4. The number of amides is 1. The summed E-state index contributed by atoms with van der Waals surface area (Å²) in [7, 11) is 0. The Bertz CT molecular complexity index is 844. The highest BCUT2D eigenvalue weighted by Crippen LogP contribution is 2.39. The van der Waals surface area contributed by atoms with Crippen molar-refractivity contribution in [1.82, 2.24) is 10.4 Å². The molecule has 2 aliphatic heterocycles. The van der Waals surface area contributed by atoms with Gasteiger partial charge >= 0.3 is 0 Å². The molecule has 0 saturated heterocycles. The monoisotopic (exact) mass is 337 g/mol. The minimum absolute atomic E-state index is 0.161. The van der Waals surface area contributed by atoms with E-state index in [-0.39, 0.29) is 11.9 Å². The number of carbonyl (C=O) groups excluding carboxylic acids is 1. The number of hydrogen-bond donors (Lipinski definition) is 2. The summed E-state index contributed by atoms with van der Waals surface area (Å²) in [6.45, 7) is 3.94. The summed E-state index contributed by atoms with van der Waals surface area (Å²) in [5.74, 6) is -0.757. The summed E-state index contributed by atoms with van der Waals surface area (Å²) in [5, 5.41) is 1.80. The zero-order valence-electron chi connectivity index (χ0n) is 14.2. The molecule has 0 radical (unpaired) electrons. The standard InChI is InChI=1S/C20H20FN3O/c1-3-5-13(4-2)18-17-11-8-15(20(22)25)12-24(17)23-19(18)14-6-9-16(21)10-7-14/h3-12,19,23H,1-2H3,(H2,22,25)/b5-3-,13-4+. The van der Waals surface area contributed by atoms with Crippen LogP contribution in [0.25, 0.3) is 0 Å². The normalized spacial score (nSPS) is 20.3. The average molecular weight is 337 g/mol. The van der Waals surface area contributed by atoms with Crippen molar-refractivity contribution in [1.29, 1.82) is 0 Å². The van der Waals surface area contributed by atoms with E-state index in [0.29, 0.717) is 5.57 Å². The number of rotatable bonds is 4. The zero-order valence-corrected chi connectivity index (χ0v) is 14.2. The van der Waals surface area contributed by atoms with Gasteiger partial charge in [0.05, 0.1) is 17.3 Å². The van der Waals surface area contributed by atoms with Gasteiger partial charge in [0.25, 0.3) is 0 Å². The Morgan fingerprint density at radius 1 is 1.24 bits per heavy atom. The molecular weight excluding hydrogens is 317 g/mol. The zero-order chi connectivity index (χ0) is 18.0. The molecular formula is C20H20FN3O. The van der Waals surface area contributed by atoms with E-state index in [1.54, 1.807) is 29.4 Å². The summed E-state index contributed by atoms with van der Waals surface area (Å²) in [5.41, 5.74) is 13.2. The van der Waals surface area contributed by atoms with Gasteiger partial charge in [0.2, 0.25) is 5.91 Å². The van der Waals surface area contributed by atoms with Crippen LogP contribution in [0, 0.1) is 5.82 Å². The second kappa shape index (κ2) is 6.91. The highest BCUT2D eigenvalue weighted by Gasteiger charge is 2.33. The quantitative estimate of drug-likeness (QED) is 0.828. The largest absolute Gasteiger partial charge is 0.366 e. The van der Waals surface area contributed by atoms with Gasteiger partial charge in [-0.2, -0.15) is 0 Å². The fourth-order valence-electron chi connectivity index (χ4n) is 3.06. The molecule has 0 saturated carbocycles. The molecule has 0 fully saturated rings. The third-order valence-corrected chi connectivity index (χ3v) is 4.24. The van der Waals surface area contributed by atoms with Crippen molar-refractivity contribution in [2.45, 2.75) is 19.9 Å². The summed E-state index contributed by atoms with van der Waals surface area (Å²) in [4.78, 5) is 11.5. The van der Waals surface area contributed by atoms with Crippen LogP contribution in [0.4, 0.5) is 4.39 Å². The Hall–Kier alpha value is -2.92. The number of carbonyl (C=O) groups is 1. The smallest absolute Gasteiger partial charge is 0.250 e. The third kappa shape index (κ3) is 3.19. The summed E-state index contributed by atoms with van der Waals surface area (Å²) in [6.07, 6.45) is 11.3. The Labute approximate surface area is 146 Å². The molecule has 1 atom stereocenters. The second-order valence-electron chi connectivity index (χ2n) is 5.81. The van der Waals surface area contributed by atoms with Crippen molar-refractivity contribution in [2.24, 2.45) is 5.73 Å². The lowest BCUT2D eigenvalue weighted by Crippen LogP contribution is -2.31. The molecule has 5 heteroatoms. The van der Waals surface area contributed by atoms with Crippen molar-refractivity contribution in [3.8, 4) is 0 Å². The molecule has 1 aromatic carbocycles. The lowest BCUT2D eigenvalue weighted by molar-refractivity contribution is -0.114. The Balaban J connectivity index is 2.11. The number of hydrogen-bond acceptors (Lipinski definition) is 3. The van der Waals surface area contributed by atoms with Gasteiger partial charge in [-0.3, -0.25) is 9.80 Å². The highest BCUT2D eigenvalue weighted by molar-refractivity contribution is 5.95. The predicted octanol–water partition coefficient (Wildman–Crippen LogP) is 3.40. The number of benzene rings is 1. The van der Waals surface area contributed by atoms with Gasteiger partial charge in [0, 0.05) is 11.8 Å². The predicted molar refractivity (Wildman–Crippen MR) is 96.1 cm³/mol. The van der Waals surface area contributed by atoms with E-state index in [9.17, 15) is 9.18 Å². The lowest BCUT2D eigenvalue weighted by Gasteiger charge is -2.21. The molecule has 3 rings (SSSR count). The fraction of sp³-hybridized carbons (Fsp3) is 0.150. The molecule has 0 aromatic heterocycles. The van der Waals surface area contributed by atoms with Crippen molar-refractivity contribution in [2.75, 3.05) is 0 Å². The molecule has 1 amide bonds. The van der Waals surface area contributed by atoms with Crippen LogP contribution in [-0.2, 0) is 4.79 Å². The first-order valence-electron chi connectivity index (χ1n) is 8.09. The number of primary amides is 1. The van der Waals surface area contributed by atoms with Gasteiger partial charge in [-0.05, 0) is 49.3 Å². The number of nitrogens with zero attached hydrogens (tertiary/aromatic N) is 1. The first-order valence-corrected chi connectivity index (χ1v) is 8.09. The Morgan fingerprint density at radius 2 is 1.96 bits per heavy atom. The van der Waals surface area contributed by atoms with E-state index in [4.69, 9.17) is 5.73 Å². The van der Waals surface area contributed by atoms with Crippen LogP contribution in [0.3, 0.4) is 0 Å². The van der Waals surface area contributed by atoms with E-state index in [0.717, 1.165) is 22.4 Å². The minimum atomic E-state index is -0.483. The SMILES string of the molecule is C/C=C\C(=C/C)C1=C2C=CC(C(N)=O)=CN2NC1c1ccc(F)cc1. The van der Waals surface area contributed by atoms with E-state index < -0.39 is 5.91 Å². The van der Waals surface area contributed by atoms with Crippen molar-refractivity contribution in [3.63, 3.8) is 0 Å². The van der Waals surface area contributed by atoms with Crippen LogP contribution < -0.4 is 11.2 Å². The maximum atomic E-state index is 13.3. The van der Waals surface area contributed by atoms with Gasteiger partial charge < -0.3 is 5.73 Å². The third-order valence-electron chi connectivity index (χ3n) is 4.24. The van der Waals surface area contributed by atoms with Crippen molar-refractivity contribution >= 4 is 5.91 Å². The topological polar surface area (TPSA) is 58.4 Å². The van der Waals surface area contributed by atoms with Gasteiger partial charge in [-0.25, -0.2) is 9.82 Å². The molecule has 0 spiro atoms. The maximum absolute atomic E-state index is 13.3. The van der Waals surface area contributed by atoms with E-state index in [1.807, 2.05) is 38.2 Å². The second-order valence-corrected chi connectivity index (χ2v) is 5.81. The molecule has 0 aliphatic carbocycles. The number of nitrogens with one attached hydrogen (secondary N) is 1. The summed E-state index contributed by atoms with van der Waals surface area (Å²) < 4.78 is 13.3. The van der Waals surface area contributed by atoms with Crippen molar-refractivity contribution in [3.05, 3.63) is 94.6 Å². The Kier molecular flexibility index (Phi) is 4.67. The first-order chi connectivity index (χ1) is 12.0. The van der Waals surface area contributed by atoms with Crippen LogP contribution in [0.5, 0.6) is 0 Å². The summed E-state index contributed by atoms with van der Waals surface area (Å²) in [6, 6.07) is 6.25. The molecule has 4 nitrogen and oxygen atoms in total. The van der Waals surface area contributed by atoms with Crippen LogP contribution in [0.15, 0.2) is 83.3 Å². The van der Waals surface area contributed by atoms with Gasteiger partial charge in [0.15, 0.2) is 0 Å². The van der Waals surface area contributed by atoms with Crippen LogP contribution in [0.2, 0.25) is 0 Å². The van der Waals surface area contributed by atoms with Crippen molar-refractivity contribution < 1.29 is 9.18 Å². The molecule has 2 heterocycles. The van der Waals surface area contributed by atoms with E-state index in [1.165, 1.54) is 12.1 Å². The number of nitrogens with two attached hydrogens (primary N) is 1. The van der Waals surface area contributed by atoms with Gasteiger partial charge in [0.1, 0.15) is 5.82 Å². The molecule has 1 aromatic rings. The molecule has 0 bridgehead atoms. The average Bonchev–Trinajstić information content (AvgIpc) is 2.98. The van der Waals surface area contributed by atoms with Crippen LogP contribution in [0.1, 0.15) is 25.5 Å². The number of halogens is 1. The fourth-order valence-corrected chi connectivity index (χ4v) is 3.06. The molecule has 3 N–H and O–H groups in total. The highest BCUT2D eigenvalue weighted by atomic mass is 19.1. The maximum Gasteiger partial charge on any atom is 0.250 e. The molecule has 128 valence electrons. The van der Waals surface area contributed by atoms with Crippen LogP contribution >= 0.6 is 0 Å². The number of hydrazine groups is 1. The summed E-state index contributed by atoms with van der Waals surface area (Å²) >= 11 is 0. The van der Waals surface area contributed by atoms with E-state index in [2.05, 4.69) is 5.43 Å². The first kappa shape index (κ1) is 16.9. The Morgan fingerprint density at radius 3 is 2.56 bits per heavy atom. The van der Waals surface area contributed by atoms with Crippen LogP contribution in [-0.4, -0.2) is 10.9 Å². The van der Waals surface area contributed by atoms with Gasteiger partial charge in [-0.15, -0.1) is 0 Å². The van der Waals surface area contributed by atoms with E-state index >= 15 is 0 Å².